The molecule has 1 fully saturated rings. The van der Waals surface area contributed by atoms with Gasteiger partial charge in [-0.3, -0.25) is 0 Å². The molecule has 0 radical (unpaired) electrons. The molecule has 116 valence electrons. The highest BCUT2D eigenvalue weighted by atomic mass is 32.2. The predicted octanol–water partition coefficient (Wildman–Crippen LogP) is 1.82. The number of hydrogen-bond acceptors (Lipinski definition) is 3. The van der Waals surface area contributed by atoms with Crippen LogP contribution in [0.25, 0.3) is 0 Å². The molecule has 0 aromatic carbocycles. The van der Waals surface area contributed by atoms with Crippen LogP contribution in [0.3, 0.4) is 0 Å². The van der Waals surface area contributed by atoms with Gasteiger partial charge < -0.3 is 4.74 Å². The summed E-state index contributed by atoms with van der Waals surface area (Å²) in [6, 6.07) is 0. The van der Waals surface area contributed by atoms with Crippen LogP contribution >= 0.6 is 0 Å². The quantitative estimate of drug-likeness (QED) is 0.788. The summed E-state index contributed by atoms with van der Waals surface area (Å²) in [7, 11) is -3.37. The second-order valence-corrected chi connectivity index (χ2v) is 7.59. The molecule has 2 rings (SSSR count). The van der Waals surface area contributed by atoms with Crippen LogP contribution in [0, 0.1) is 0 Å². The Kier molecular flexibility index (Phi) is 5.60. The van der Waals surface area contributed by atoms with Gasteiger partial charge in [-0.15, -0.1) is 0 Å². The third kappa shape index (κ3) is 4.55. The van der Waals surface area contributed by atoms with E-state index < -0.39 is 10.2 Å². The van der Waals surface area contributed by atoms with E-state index >= 15 is 0 Å². The Hall–Kier alpha value is -0.430. The van der Waals surface area contributed by atoms with Crippen molar-refractivity contribution in [3.05, 3.63) is 11.6 Å². The van der Waals surface area contributed by atoms with Gasteiger partial charge in [-0.2, -0.15) is 12.7 Å². The SMILES string of the molecule is CC1CN(S(=O)(=O)NCCC2=CCCCC2)CC(C)O1. The maximum absolute atomic E-state index is 12.3. The van der Waals surface area contributed by atoms with Crippen LogP contribution < -0.4 is 4.72 Å². The van der Waals surface area contributed by atoms with Gasteiger partial charge in [-0.25, -0.2) is 4.72 Å². The van der Waals surface area contributed by atoms with E-state index in [1.54, 1.807) is 0 Å². The Bertz CT molecular complexity index is 437. The molecule has 2 unspecified atom stereocenters. The number of allylic oxidation sites excluding steroid dienone is 1. The first-order chi connectivity index (χ1) is 9.47. The second kappa shape index (κ2) is 7.02. The third-order valence-corrected chi connectivity index (χ3v) is 5.39. The molecule has 1 aliphatic carbocycles. The first-order valence-electron chi connectivity index (χ1n) is 7.55. The zero-order chi connectivity index (χ0) is 14.6. The van der Waals surface area contributed by atoms with Gasteiger partial charge in [0.15, 0.2) is 0 Å². The molecule has 1 heterocycles. The molecule has 2 atom stereocenters. The summed E-state index contributed by atoms with van der Waals surface area (Å²) in [4.78, 5) is 0. The van der Waals surface area contributed by atoms with Crippen molar-refractivity contribution in [3.63, 3.8) is 0 Å². The molecule has 0 amide bonds. The molecule has 1 aliphatic heterocycles. The number of nitrogens with zero attached hydrogens (tertiary/aromatic N) is 1. The third-order valence-electron chi connectivity index (χ3n) is 3.84. The number of rotatable bonds is 5. The molecular weight excluding hydrogens is 276 g/mol. The van der Waals surface area contributed by atoms with Crippen LogP contribution in [0.1, 0.15) is 46.0 Å². The molecule has 0 aromatic rings. The summed E-state index contributed by atoms with van der Waals surface area (Å²) < 4.78 is 34.3. The van der Waals surface area contributed by atoms with Crippen molar-refractivity contribution in [3.8, 4) is 0 Å². The van der Waals surface area contributed by atoms with Crippen molar-refractivity contribution >= 4 is 10.2 Å². The zero-order valence-electron chi connectivity index (χ0n) is 12.5. The minimum atomic E-state index is -3.37. The summed E-state index contributed by atoms with van der Waals surface area (Å²) >= 11 is 0. The molecule has 2 aliphatic rings. The molecule has 1 saturated heterocycles. The van der Waals surface area contributed by atoms with Gasteiger partial charge in [0, 0.05) is 19.6 Å². The minimum absolute atomic E-state index is 0.0450. The van der Waals surface area contributed by atoms with E-state index in [1.165, 1.54) is 22.7 Å². The molecular formula is C14H26N2O3S. The monoisotopic (exact) mass is 302 g/mol. The zero-order valence-corrected chi connectivity index (χ0v) is 13.3. The maximum Gasteiger partial charge on any atom is 0.279 e. The van der Waals surface area contributed by atoms with Crippen LogP contribution in [0.2, 0.25) is 0 Å². The lowest BCUT2D eigenvalue weighted by Crippen LogP contribution is -2.52. The Balaban J connectivity index is 1.82. The summed E-state index contributed by atoms with van der Waals surface area (Å²) in [5.74, 6) is 0. The fourth-order valence-electron chi connectivity index (χ4n) is 2.89. The van der Waals surface area contributed by atoms with Gasteiger partial charge in [-0.1, -0.05) is 11.6 Å². The molecule has 1 N–H and O–H groups in total. The van der Waals surface area contributed by atoms with E-state index in [2.05, 4.69) is 10.8 Å². The van der Waals surface area contributed by atoms with Gasteiger partial charge in [0.2, 0.25) is 0 Å². The molecule has 5 nitrogen and oxygen atoms in total. The van der Waals surface area contributed by atoms with Crippen molar-refractivity contribution in [2.24, 2.45) is 0 Å². The van der Waals surface area contributed by atoms with E-state index in [0.29, 0.717) is 19.6 Å². The summed E-state index contributed by atoms with van der Waals surface area (Å²) in [5, 5.41) is 0. The molecule has 0 saturated carbocycles. The molecule has 0 spiro atoms. The fourth-order valence-corrected chi connectivity index (χ4v) is 4.25. The van der Waals surface area contributed by atoms with Gasteiger partial charge in [0.25, 0.3) is 10.2 Å². The normalized spacial score (nSPS) is 29.2. The summed E-state index contributed by atoms with van der Waals surface area (Å²) in [6.07, 6.45) is 7.75. The van der Waals surface area contributed by atoms with Crippen molar-refractivity contribution in [2.75, 3.05) is 19.6 Å². The standard InChI is InChI=1S/C14H26N2O3S/c1-12-10-16(11-13(2)19-12)20(17,18)15-9-8-14-6-4-3-5-7-14/h6,12-13,15H,3-5,7-11H2,1-2H3. The number of morpholine rings is 1. The fraction of sp³-hybridized carbons (Fsp3) is 0.857. The lowest BCUT2D eigenvalue weighted by Gasteiger charge is -2.34. The van der Waals surface area contributed by atoms with Gasteiger partial charge in [0.1, 0.15) is 0 Å². The molecule has 6 heteroatoms. The molecule has 0 bridgehead atoms. The van der Waals surface area contributed by atoms with E-state index in [1.807, 2.05) is 13.8 Å². The summed E-state index contributed by atoms with van der Waals surface area (Å²) in [6.45, 7) is 5.18. The summed E-state index contributed by atoms with van der Waals surface area (Å²) in [5.41, 5.74) is 1.39. The topological polar surface area (TPSA) is 58.6 Å². The highest BCUT2D eigenvalue weighted by molar-refractivity contribution is 7.87. The van der Waals surface area contributed by atoms with Crippen molar-refractivity contribution < 1.29 is 13.2 Å². The van der Waals surface area contributed by atoms with Crippen LogP contribution in [0.4, 0.5) is 0 Å². The smallest absolute Gasteiger partial charge is 0.279 e. The average molecular weight is 302 g/mol. The van der Waals surface area contributed by atoms with Crippen LogP contribution in [0.5, 0.6) is 0 Å². The lowest BCUT2D eigenvalue weighted by atomic mass is 9.97. The minimum Gasteiger partial charge on any atom is -0.373 e. The van der Waals surface area contributed by atoms with Gasteiger partial charge >= 0.3 is 0 Å². The molecule has 20 heavy (non-hydrogen) atoms. The number of hydrogen-bond donors (Lipinski definition) is 1. The first-order valence-corrected chi connectivity index (χ1v) is 8.99. The number of nitrogens with one attached hydrogen (secondary N) is 1. The van der Waals surface area contributed by atoms with Crippen molar-refractivity contribution in [1.82, 2.24) is 9.03 Å². The first kappa shape index (κ1) is 15.9. The van der Waals surface area contributed by atoms with E-state index in [4.69, 9.17) is 4.74 Å². The van der Waals surface area contributed by atoms with Gasteiger partial charge in [-0.05, 0) is 46.0 Å². The van der Waals surface area contributed by atoms with Gasteiger partial charge in [0.05, 0.1) is 12.2 Å². The van der Waals surface area contributed by atoms with Crippen LogP contribution in [-0.2, 0) is 14.9 Å². The Labute approximate surface area is 122 Å². The van der Waals surface area contributed by atoms with Crippen molar-refractivity contribution in [2.45, 2.75) is 58.2 Å². The average Bonchev–Trinajstić information content (AvgIpc) is 2.38. The van der Waals surface area contributed by atoms with Crippen LogP contribution in [-0.4, -0.2) is 44.6 Å². The Morgan fingerprint density at radius 1 is 1.30 bits per heavy atom. The predicted molar refractivity (Wildman–Crippen MR) is 79.7 cm³/mol. The Morgan fingerprint density at radius 2 is 2.00 bits per heavy atom. The highest BCUT2D eigenvalue weighted by Crippen LogP contribution is 2.20. The Morgan fingerprint density at radius 3 is 2.60 bits per heavy atom. The largest absolute Gasteiger partial charge is 0.373 e. The van der Waals surface area contributed by atoms with Crippen molar-refractivity contribution in [1.29, 1.82) is 0 Å². The molecule has 0 aromatic heterocycles. The number of ether oxygens (including phenoxy) is 1. The van der Waals surface area contributed by atoms with E-state index in [0.717, 1.165) is 19.3 Å². The maximum atomic E-state index is 12.3. The van der Waals surface area contributed by atoms with E-state index in [9.17, 15) is 8.42 Å². The van der Waals surface area contributed by atoms with E-state index in [-0.39, 0.29) is 12.2 Å². The second-order valence-electron chi connectivity index (χ2n) is 5.83. The lowest BCUT2D eigenvalue weighted by molar-refractivity contribution is -0.0443. The highest BCUT2D eigenvalue weighted by Gasteiger charge is 2.30. The van der Waals surface area contributed by atoms with Crippen LogP contribution in [0.15, 0.2) is 11.6 Å².